The van der Waals surface area contributed by atoms with Crippen molar-refractivity contribution in [3.8, 4) is 0 Å². The van der Waals surface area contributed by atoms with Gasteiger partial charge in [-0.3, -0.25) is 14.4 Å². The molecule has 1 aliphatic rings. The van der Waals surface area contributed by atoms with Gasteiger partial charge < -0.3 is 4.90 Å². The molecule has 0 unspecified atom stereocenters. The fraction of sp³-hybridized carbons (Fsp3) is 0.765. The lowest BCUT2D eigenvalue weighted by molar-refractivity contribution is -0.133. The predicted molar refractivity (Wildman–Crippen MR) is 88.4 cm³/mol. The molecule has 0 saturated carbocycles. The summed E-state index contributed by atoms with van der Waals surface area (Å²) in [5.74, 6) is 0.726. The maximum Gasteiger partial charge on any atom is 0.237 e. The van der Waals surface area contributed by atoms with E-state index in [-0.39, 0.29) is 5.91 Å². The van der Waals surface area contributed by atoms with Gasteiger partial charge in [0.25, 0.3) is 0 Å². The Morgan fingerprint density at radius 2 is 1.95 bits per heavy atom. The number of nitrogens with zero attached hydrogens (tertiary/aromatic N) is 4. The summed E-state index contributed by atoms with van der Waals surface area (Å²) in [5.41, 5.74) is 1.10. The largest absolute Gasteiger partial charge is 0.337 e. The third-order valence-corrected chi connectivity index (χ3v) is 4.13. The molecule has 5 heteroatoms. The second kappa shape index (κ2) is 8.32. The lowest BCUT2D eigenvalue weighted by Gasteiger charge is -2.27. The van der Waals surface area contributed by atoms with Gasteiger partial charge in [-0.15, -0.1) is 0 Å². The van der Waals surface area contributed by atoms with Gasteiger partial charge in [0, 0.05) is 31.9 Å². The highest BCUT2D eigenvalue weighted by Crippen LogP contribution is 2.12. The average molecular weight is 306 g/mol. The zero-order chi connectivity index (χ0) is 15.9. The minimum atomic E-state index is 0.249. The summed E-state index contributed by atoms with van der Waals surface area (Å²) in [5, 5.41) is 4.20. The second-order valence-corrected chi connectivity index (χ2v) is 6.88. The maximum absolute atomic E-state index is 12.7. The minimum Gasteiger partial charge on any atom is -0.337 e. The molecular formula is C17H30N4O. The molecule has 0 N–H and O–H groups in total. The van der Waals surface area contributed by atoms with Crippen molar-refractivity contribution in [1.29, 1.82) is 0 Å². The molecular weight excluding hydrogens is 276 g/mol. The number of hydrogen-bond acceptors (Lipinski definition) is 3. The molecule has 0 aromatic carbocycles. The van der Waals surface area contributed by atoms with Gasteiger partial charge in [0.15, 0.2) is 0 Å². The molecule has 5 nitrogen and oxygen atoms in total. The fourth-order valence-corrected chi connectivity index (χ4v) is 3.05. The molecule has 2 rings (SSSR count). The fourth-order valence-electron chi connectivity index (χ4n) is 3.05. The molecule has 1 amide bonds. The van der Waals surface area contributed by atoms with Crippen molar-refractivity contribution in [3.05, 3.63) is 18.0 Å². The highest BCUT2D eigenvalue weighted by molar-refractivity contribution is 5.78. The highest BCUT2D eigenvalue weighted by atomic mass is 16.2. The Kier molecular flexibility index (Phi) is 6.43. The van der Waals surface area contributed by atoms with Crippen molar-refractivity contribution in [2.45, 2.75) is 46.1 Å². The smallest absolute Gasteiger partial charge is 0.237 e. The van der Waals surface area contributed by atoms with E-state index in [1.54, 1.807) is 4.68 Å². The topological polar surface area (TPSA) is 41.4 Å². The summed E-state index contributed by atoms with van der Waals surface area (Å²) in [7, 11) is 1.91. The first-order chi connectivity index (χ1) is 10.5. The molecule has 0 radical (unpaired) electrons. The van der Waals surface area contributed by atoms with Crippen LogP contribution in [-0.4, -0.2) is 51.7 Å². The van der Waals surface area contributed by atoms with Gasteiger partial charge in [-0.25, -0.2) is 0 Å². The number of amides is 1. The average Bonchev–Trinajstić information content (AvgIpc) is 2.71. The first kappa shape index (κ1) is 17.0. The van der Waals surface area contributed by atoms with Crippen molar-refractivity contribution in [2.75, 3.05) is 26.2 Å². The van der Waals surface area contributed by atoms with Crippen molar-refractivity contribution >= 4 is 5.91 Å². The van der Waals surface area contributed by atoms with Gasteiger partial charge in [-0.05, 0) is 31.8 Å². The third-order valence-electron chi connectivity index (χ3n) is 4.13. The quantitative estimate of drug-likeness (QED) is 0.809. The van der Waals surface area contributed by atoms with Crippen LogP contribution in [0.4, 0.5) is 0 Å². The summed E-state index contributed by atoms with van der Waals surface area (Å²) in [6, 6.07) is 0. The predicted octanol–water partition coefficient (Wildman–Crippen LogP) is 2.28. The van der Waals surface area contributed by atoms with Gasteiger partial charge in [-0.1, -0.05) is 26.7 Å². The normalized spacial score (nSPS) is 16.7. The monoisotopic (exact) mass is 306 g/mol. The lowest BCUT2D eigenvalue weighted by Crippen LogP contribution is -2.41. The Hall–Kier alpha value is -1.36. The standard InChI is InChI=1S/C17H30N4O/c1-15(2)11-21(13-16-10-18-19(3)12-16)17(22)14-20-8-6-4-5-7-9-20/h10,12,15H,4-9,11,13-14H2,1-3H3. The van der Waals surface area contributed by atoms with Crippen molar-refractivity contribution in [3.63, 3.8) is 0 Å². The maximum atomic E-state index is 12.7. The molecule has 2 heterocycles. The number of hydrogen-bond donors (Lipinski definition) is 0. The molecule has 0 atom stereocenters. The van der Waals surface area contributed by atoms with Crippen LogP contribution in [0.3, 0.4) is 0 Å². The van der Waals surface area contributed by atoms with E-state index in [0.717, 1.165) is 25.2 Å². The summed E-state index contributed by atoms with van der Waals surface area (Å²) in [6.07, 6.45) is 8.89. The van der Waals surface area contributed by atoms with Crippen LogP contribution in [0.2, 0.25) is 0 Å². The first-order valence-corrected chi connectivity index (χ1v) is 8.52. The van der Waals surface area contributed by atoms with Gasteiger partial charge in [0.2, 0.25) is 5.91 Å². The molecule has 0 spiro atoms. The minimum absolute atomic E-state index is 0.249. The summed E-state index contributed by atoms with van der Waals surface area (Å²) in [4.78, 5) is 17.0. The third kappa shape index (κ3) is 5.44. The lowest BCUT2D eigenvalue weighted by atomic mass is 10.2. The Morgan fingerprint density at radius 3 is 2.50 bits per heavy atom. The van der Waals surface area contributed by atoms with Gasteiger partial charge >= 0.3 is 0 Å². The first-order valence-electron chi connectivity index (χ1n) is 8.52. The van der Waals surface area contributed by atoms with Gasteiger partial charge in [0.1, 0.15) is 0 Å². The van der Waals surface area contributed by atoms with Crippen LogP contribution in [0.15, 0.2) is 12.4 Å². The summed E-state index contributed by atoms with van der Waals surface area (Å²) >= 11 is 0. The Morgan fingerprint density at radius 1 is 1.27 bits per heavy atom. The van der Waals surface area contributed by atoms with Crippen molar-refractivity contribution in [1.82, 2.24) is 19.6 Å². The Labute approximate surface area is 134 Å². The molecule has 1 aliphatic heterocycles. The van der Waals surface area contributed by atoms with Crippen LogP contribution in [0.5, 0.6) is 0 Å². The van der Waals surface area contributed by atoms with E-state index in [1.165, 1.54) is 25.7 Å². The van der Waals surface area contributed by atoms with E-state index in [2.05, 4.69) is 23.8 Å². The van der Waals surface area contributed by atoms with E-state index in [0.29, 0.717) is 19.0 Å². The molecule has 1 aromatic rings. The van der Waals surface area contributed by atoms with Gasteiger partial charge in [0.05, 0.1) is 12.7 Å². The zero-order valence-corrected chi connectivity index (χ0v) is 14.3. The highest BCUT2D eigenvalue weighted by Gasteiger charge is 2.20. The molecule has 1 fully saturated rings. The summed E-state index contributed by atoms with van der Waals surface area (Å²) < 4.78 is 1.79. The van der Waals surface area contributed by atoms with E-state index in [4.69, 9.17) is 0 Å². The van der Waals surface area contributed by atoms with Crippen molar-refractivity contribution in [2.24, 2.45) is 13.0 Å². The second-order valence-electron chi connectivity index (χ2n) is 6.88. The molecule has 1 aromatic heterocycles. The van der Waals surface area contributed by atoms with E-state index in [9.17, 15) is 4.79 Å². The molecule has 0 aliphatic carbocycles. The number of likely N-dealkylation sites (tertiary alicyclic amines) is 1. The number of rotatable bonds is 6. The number of aryl methyl sites for hydroxylation is 1. The molecule has 1 saturated heterocycles. The van der Waals surface area contributed by atoms with Crippen LogP contribution >= 0.6 is 0 Å². The van der Waals surface area contributed by atoms with Crippen LogP contribution in [0.1, 0.15) is 45.1 Å². The SMILES string of the molecule is CC(C)CN(Cc1cnn(C)c1)C(=O)CN1CCCCCC1. The van der Waals surface area contributed by atoms with E-state index in [1.807, 2.05) is 24.3 Å². The Bertz CT molecular complexity index is 461. The van der Waals surface area contributed by atoms with Crippen molar-refractivity contribution < 1.29 is 4.79 Å². The van der Waals surface area contributed by atoms with Crippen LogP contribution in [0, 0.1) is 5.92 Å². The summed E-state index contributed by atoms with van der Waals surface area (Å²) in [6.45, 7) is 8.49. The molecule has 124 valence electrons. The van der Waals surface area contributed by atoms with E-state index < -0.39 is 0 Å². The number of aromatic nitrogens is 2. The number of carbonyl (C=O) groups excluding carboxylic acids is 1. The van der Waals surface area contributed by atoms with Crippen LogP contribution in [0.25, 0.3) is 0 Å². The molecule has 0 bridgehead atoms. The van der Waals surface area contributed by atoms with Crippen LogP contribution < -0.4 is 0 Å². The Balaban J connectivity index is 1.95. The van der Waals surface area contributed by atoms with Gasteiger partial charge in [-0.2, -0.15) is 5.10 Å². The van der Waals surface area contributed by atoms with Crippen LogP contribution in [-0.2, 0) is 18.4 Å². The molecule has 22 heavy (non-hydrogen) atoms. The van der Waals surface area contributed by atoms with E-state index >= 15 is 0 Å². The number of carbonyl (C=O) groups is 1. The zero-order valence-electron chi connectivity index (χ0n) is 14.3.